The normalized spacial score (nSPS) is 12.6. The third kappa shape index (κ3) is 6.23. The Bertz CT molecular complexity index is 275. The number of hydrogen-bond acceptors (Lipinski definition) is 0. The highest BCUT2D eigenvalue weighted by Gasteiger charge is 2.09. The minimum absolute atomic E-state index is 0.774. The van der Waals surface area contributed by atoms with Crippen LogP contribution in [0, 0.1) is 6.07 Å². The van der Waals surface area contributed by atoms with E-state index >= 15 is 0 Å². The summed E-state index contributed by atoms with van der Waals surface area (Å²) in [5.41, 5.74) is 1.52. The van der Waals surface area contributed by atoms with E-state index in [1.165, 1.54) is 63.4 Å². The van der Waals surface area contributed by atoms with Gasteiger partial charge in [-0.15, -0.1) is 0 Å². The maximum Gasteiger partial charge on any atom is -0.0162 e. The summed E-state index contributed by atoms with van der Waals surface area (Å²) in [6.07, 6.45) is 12.4. The fraction of sp³-hybridized carbons (Fsp3) is 0.667. The molecule has 1 radical (unpaired) electrons. The third-order valence-electron chi connectivity index (χ3n) is 3.76. The van der Waals surface area contributed by atoms with Crippen molar-refractivity contribution in [3.05, 3.63) is 35.9 Å². The molecule has 0 nitrogen and oxygen atoms in total. The summed E-state index contributed by atoms with van der Waals surface area (Å²) in [5.74, 6) is 0.774. The van der Waals surface area contributed by atoms with Crippen molar-refractivity contribution in [2.45, 2.75) is 77.6 Å². The molecular weight excluding hydrogens is 216 g/mol. The Hall–Kier alpha value is -0.780. The Morgan fingerprint density at radius 2 is 1.50 bits per heavy atom. The van der Waals surface area contributed by atoms with Crippen molar-refractivity contribution in [2.75, 3.05) is 0 Å². The minimum Gasteiger partial charge on any atom is -0.0654 e. The standard InChI is InChI=1S/C18H29/c1-3-5-6-7-8-10-14-17(13-4-2)18-15-11-9-12-16-18/h11-12,15-17H,3-8,10,13-14H2,1-2H3. The van der Waals surface area contributed by atoms with Crippen LogP contribution in [0.4, 0.5) is 0 Å². The molecule has 0 aromatic heterocycles. The Kier molecular flexibility index (Phi) is 8.63. The van der Waals surface area contributed by atoms with Gasteiger partial charge in [-0.2, -0.15) is 0 Å². The number of benzene rings is 1. The Morgan fingerprint density at radius 3 is 2.17 bits per heavy atom. The van der Waals surface area contributed by atoms with Crippen molar-refractivity contribution in [2.24, 2.45) is 0 Å². The fourth-order valence-electron chi connectivity index (χ4n) is 2.67. The number of hydrogen-bond donors (Lipinski definition) is 0. The second-order valence-electron chi connectivity index (χ2n) is 5.38. The van der Waals surface area contributed by atoms with Gasteiger partial charge in [0.2, 0.25) is 0 Å². The predicted octanol–water partition coefficient (Wildman–Crippen LogP) is 6.12. The van der Waals surface area contributed by atoms with Crippen LogP contribution in [0.3, 0.4) is 0 Å². The smallest absolute Gasteiger partial charge is 0.0162 e. The molecule has 1 aromatic carbocycles. The molecule has 1 rings (SSSR count). The molecule has 18 heavy (non-hydrogen) atoms. The van der Waals surface area contributed by atoms with Gasteiger partial charge in [-0.3, -0.25) is 0 Å². The van der Waals surface area contributed by atoms with Gasteiger partial charge in [0.15, 0.2) is 0 Å². The third-order valence-corrected chi connectivity index (χ3v) is 3.76. The summed E-state index contributed by atoms with van der Waals surface area (Å²) in [4.78, 5) is 0. The summed E-state index contributed by atoms with van der Waals surface area (Å²) in [6, 6.07) is 11.7. The van der Waals surface area contributed by atoms with Gasteiger partial charge in [0.05, 0.1) is 0 Å². The van der Waals surface area contributed by atoms with Crippen molar-refractivity contribution < 1.29 is 0 Å². The highest BCUT2D eigenvalue weighted by molar-refractivity contribution is 5.18. The lowest BCUT2D eigenvalue weighted by atomic mass is 9.89. The Morgan fingerprint density at radius 1 is 0.833 bits per heavy atom. The molecule has 0 aliphatic heterocycles. The zero-order valence-electron chi connectivity index (χ0n) is 12.3. The van der Waals surface area contributed by atoms with Crippen LogP contribution in [-0.4, -0.2) is 0 Å². The quantitative estimate of drug-likeness (QED) is 0.435. The molecule has 0 bridgehead atoms. The molecular formula is C18H29. The molecule has 0 spiro atoms. The van der Waals surface area contributed by atoms with Gasteiger partial charge in [-0.25, -0.2) is 0 Å². The molecule has 0 fully saturated rings. The van der Waals surface area contributed by atoms with Crippen LogP contribution >= 0.6 is 0 Å². The molecule has 0 saturated heterocycles. The van der Waals surface area contributed by atoms with Crippen LogP contribution in [0.15, 0.2) is 24.3 Å². The minimum atomic E-state index is 0.774. The SMILES string of the molecule is CCCCCCCCC(CCC)c1cc[c]cc1. The van der Waals surface area contributed by atoms with E-state index < -0.39 is 0 Å². The molecule has 0 aliphatic carbocycles. The highest BCUT2D eigenvalue weighted by Crippen LogP contribution is 2.27. The summed E-state index contributed by atoms with van der Waals surface area (Å²) in [7, 11) is 0. The molecule has 1 atom stereocenters. The molecule has 1 aromatic rings. The molecule has 0 heteroatoms. The zero-order valence-corrected chi connectivity index (χ0v) is 12.3. The first-order valence-corrected chi connectivity index (χ1v) is 7.84. The lowest BCUT2D eigenvalue weighted by molar-refractivity contribution is 0.512. The number of unbranched alkanes of at least 4 members (excludes halogenated alkanes) is 5. The summed E-state index contributed by atoms with van der Waals surface area (Å²) < 4.78 is 0. The van der Waals surface area contributed by atoms with E-state index in [0.717, 1.165) is 5.92 Å². The second kappa shape index (κ2) is 10.2. The van der Waals surface area contributed by atoms with Crippen LogP contribution in [0.25, 0.3) is 0 Å². The average Bonchev–Trinajstić information content (AvgIpc) is 2.42. The van der Waals surface area contributed by atoms with Crippen molar-refractivity contribution in [1.82, 2.24) is 0 Å². The van der Waals surface area contributed by atoms with E-state index in [1.807, 2.05) is 0 Å². The van der Waals surface area contributed by atoms with Gasteiger partial charge in [-0.05, 0) is 30.4 Å². The zero-order chi connectivity index (χ0) is 13.1. The summed E-state index contributed by atoms with van der Waals surface area (Å²) in [6.45, 7) is 4.58. The van der Waals surface area contributed by atoms with Gasteiger partial charge in [0.25, 0.3) is 0 Å². The van der Waals surface area contributed by atoms with Gasteiger partial charge in [0, 0.05) is 0 Å². The van der Waals surface area contributed by atoms with E-state index in [-0.39, 0.29) is 0 Å². The number of rotatable bonds is 10. The summed E-state index contributed by atoms with van der Waals surface area (Å²) >= 11 is 0. The van der Waals surface area contributed by atoms with Crippen molar-refractivity contribution >= 4 is 0 Å². The van der Waals surface area contributed by atoms with E-state index in [4.69, 9.17) is 0 Å². The monoisotopic (exact) mass is 245 g/mol. The molecule has 0 amide bonds. The van der Waals surface area contributed by atoms with E-state index in [0.29, 0.717) is 0 Å². The van der Waals surface area contributed by atoms with Gasteiger partial charge in [0.1, 0.15) is 0 Å². The molecule has 0 aliphatic rings. The Balaban J connectivity index is 2.26. The van der Waals surface area contributed by atoms with Crippen molar-refractivity contribution in [3.8, 4) is 0 Å². The predicted molar refractivity (Wildman–Crippen MR) is 80.9 cm³/mol. The lowest BCUT2D eigenvalue weighted by Crippen LogP contribution is -1.98. The van der Waals surface area contributed by atoms with E-state index in [2.05, 4.69) is 44.2 Å². The van der Waals surface area contributed by atoms with Crippen LogP contribution in [-0.2, 0) is 0 Å². The lowest BCUT2D eigenvalue weighted by Gasteiger charge is -2.16. The molecule has 101 valence electrons. The van der Waals surface area contributed by atoms with Gasteiger partial charge >= 0.3 is 0 Å². The molecule has 0 heterocycles. The largest absolute Gasteiger partial charge is 0.0654 e. The Labute approximate surface area is 114 Å². The van der Waals surface area contributed by atoms with Crippen LogP contribution in [0.2, 0.25) is 0 Å². The highest BCUT2D eigenvalue weighted by atomic mass is 14.1. The maximum absolute atomic E-state index is 3.12. The molecule has 0 N–H and O–H groups in total. The maximum atomic E-state index is 3.12. The fourth-order valence-corrected chi connectivity index (χ4v) is 2.67. The summed E-state index contributed by atoms with van der Waals surface area (Å²) in [5, 5.41) is 0. The van der Waals surface area contributed by atoms with Crippen molar-refractivity contribution in [1.29, 1.82) is 0 Å². The van der Waals surface area contributed by atoms with Crippen LogP contribution < -0.4 is 0 Å². The topological polar surface area (TPSA) is 0 Å². The van der Waals surface area contributed by atoms with Gasteiger partial charge < -0.3 is 0 Å². The first kappa shape index (κ1) is 15.3. The first-order chi connectivity index (χ1) is 8.88. The van der Waals surface area contributed by atoms with Crippen molar-refractivity contribution in [3.63, 3.8) is 0 Å². The molecule has 0 saturated carbocycles. The first-order valence-electron chi connectivity index (χ1n) is 7.84. The van der Waals surface area contributed by atoms with Gasteiger partial charge in [-0.1, -0.05) is 83.1 Å². The second-order valence-corrected chi connectivity index (χ2v) is 5.38. The molecule has 1 unspecified atom stereocenters. The van der Waals surface area contributed by atoms with E-state index in [9.17, 15) is 0 Å². The van der Waals surface area contributed by atoms with Crippen LogP contribution in [0.5, 0.6) is 0 Å². The van der Waals surface area contributed by atoms with Crippen LogP contribution in [0.1, 0.15) is 83.1 Å². The average molecular weight is 245 g/mol. The van der Waals surface area contributed by atoms with E-state index in [1.54, 1.807) is 0 Å².